The van der Waals surface area contributed by atoms with Gasteiger partial charge in [-0.1, -0.05) is 0 Å². The van der Waals surface area contributed by atoms with Crippen LogP contribution in [0.25, 0.3) is 0 Å². The van der Waals surface area contributed by atoms with Crippen molar-refractivity contribution in [2.45, 2.75) is 44.4 Å². The van der Waals surface area contributed by atoms with Crippen molar-refractivity contribution in [3.05, 3.63) is 24.0 Å². The first-order valence-electron chi connectivity index (χ1n) is 6.91. The quantitative estimate of drug-likeness (QED) is 0.726. The van der Waals surface area contributed by atoms with E-state index in [2.05, 4.69) is 15.0 Å². The number of anilines is 1. The number of nitrogens with zero attached hydrogens (tertiary/aromatic N) is 1. The van der Waals surface area contributed by atoms with E-state index in [-0.39, 0.29) is 10.8 Å². The molecule has 2 rings (SSSR count). The third-order valence-corrected chi connectivity index (χ3v) is 4.90. The summed E-state index contributed by atoms with van der Waals surface area (Å²) in [7, 11) is 0. The second kappa shape index (κ2) is 6.21. The van der Waals surface area contributed by atoms with Gasteiger partial charge in [0.25, 0.3) is 0 Å². The Morgan fingerprint density at radius 3 is 2.71 bits per heavy atom. The minimum Gasteiger partial charge on any atom is -0.598 e. The lowest BCUT2D eigenvalue weighted by Crippen LogP contribution is -2.42. The van der Waals surface area contributed by atoms with E-state index in [0.29, 0.717) is 11.6 Å². The van der Waals surface area contributed by atoms with Crippen molar-refractivity contribution < 1.29 is 14.5 Å². The average molecular weight is 311 g/mol. The molecule has 1 aliphatic carbocycles. The molecule has 2 atom stereocenters. The first-order valence-corrected chi connectivity index (χ1v) is 8.06. The third-order valence-electron chi connectivity index (χ3n) is 3.32. The number of amides is 1. The van der Waals surface area contributed by atoms with Crippen LogP contribution in [0.1, 0.15) is 45.2 Å². The fourth-order valence-electron chi connectivity index (χ4n) is 2.03. The van der Waals surface area contributed by atoms with Crippen molar-refractivity contribution in [2.24, 2.45) is 5.92 Å². The molecule has 1 fully saturated rings. The van der Waals surface area contributed by atoms with Crippen molar-refractivity contribution in [3.63, 3.8) is 0 Å². The number of nitrogens with one attached hydrogen (secondary N) is 2. The van der Waals surface area contributed by atoms with Crippen LogP contribution in [0.5, 0.6) is 0 Å². The van der Waals surface area contributed by atoms with Gasteiger partial charge in [0, 0.05) is 23.1 Å². The number of rotatable bonds is 5. The van der Waals surface area contributed by atoms with Crippen LogP contribution < -0.4 is 10.0 Å². The van der Waals surface area contributed by atoms with Crippen LogP contribution in [-0.2, 0) is 11.4 Å². The molecule has 1 aliphatic rings. The van der Waals surface area contributed by atoms with Crippen LogP contribution in [0.15, 0.2) is 18.5 Å². The molecule has 0 saturated heterocycles. The van der Waals surface area contributed by atoms with Crippen LogP contribution >= 0.6 is 0 Å². The van der Waals surface area contributed by atoms with E-state index in [0.717, 1.165) is 18.4 Å². The van der Waals surface area contributed by atoms with E-state index in [1.807, 2.05) is 20.8 Å². The lowest BCUT2D eigenvalue weighted by molar-refractivity contribution is 0.209. The molecule has 0 aromatic carbocycles. The van der Waals surface area contributed by atoms with Gasteiger partial charge in [0.1, 0.15) is 4.75 Å². The highest BCUT2D eigenvalue weighted by molar-refractivity contribution is 7.90. The number of carbonyl (C=O) groups is 1. The van der Waals surface area contributed by atoms with E-state index in [4.69, 9.17) is 5.11 Å². The Bertz CT molecular complexity index is 514. The van der Waals surface area contributed by atoms with Crippen molar-refractivity contribution in [1.82, 2.24) is 9.71 Å². The fraction of sp³-hybridized carbons (Fsp3) is 0.571. The number of pyridine rings is 1. The molecule has 3 N–H and O–H groups in total. The van der Waals surface area contributed by atoms with E-state index in [1.165, 1.54) is 6.20 Å². The molecule has 1 saturated carbocycles. The Balaban J connectivity index is 2.24. The molecule has 1 unspecified atom stereocenters. The molecular formula is C14H21N3O3S. The van der Waals surface area contributed by atoms with Crippen LogP contribution in [0.3, 0.4) is 0 Å². The number of hydrogen-bond donors (Lipinski definition) is 3. The maximum Gasteiger partial charge on any atom is 0.409 e. The Hall–Kier alpha value is -1.31. The molecule has 21 heavy (non-hydrogen) atoms. The molecule has 1 aromatic heterocycles. The predicted octanol–water partition coefficient (Wildman–Crippen LogP) is 2.67. The first-order chi connectivity index (χ1) is 9.79. The van der Waals surface area contributed by atoms with E-state index < -0.39 is 17.5 Å². The van der Waals surface area contributed by atoms with Gasteiger partial charge in [-0.15, -0.1) is 4.72 Å². The number of aromatic nitrogens is 1. The van der Waals surface area contributed by atoms with E-state index >= 15 is 0 Å². The maximum atomic E-state index is 12.4. The van der Waals surface area contributed by atoms with Gasteiger partial charge in [-0.25, -0.2) is 4.79 Å². The molecule has 1 aromatic rings. The molecule has 116 valence electrons. The fourth-order valence-corrected chi connectivity index (χ4v) is 2.93. The SMILES string of the molecule is CC(C)(C)[S@@+]([O-])NC(c1ccncc1NC(=O)O)C1CC1. The highest BCUT2D eigenvalue weighted by atomic mass is 32.2. The minimum atomic E-state index is -1.22. The van der Waals surface area contributed by atoms with Crippen molar-refractivity contribution in [3.8, 4) is 0 Å². The predicted molar refractivity (Wildman–Crippen MR) is 82.4 cm³/mol. The van der Waals surface area contributed by atoms with Gasteiger partial charge in [-0.05, 0) is 45.6 Å². The van der Waals surface area contributed by atoms with Crippen molar-refractivity contribution in [2.75, 3.05) is 5.32 Å². The Kier molecular flexibility index (Phi) is 4.75. The summed E-state index contributed by atoms with van der Waals surface area (Å²) in [6, 6.07) is 1.65. The smallest absolute Gasteiger partial charge is 0.409 e. The van der Waals surface area contributed by atoms with Crippen LogP contribution in [0.2, 0.25) is 0 Å². The summed E-state index contributed by atoms with van der Waals surface area (Å²) in [6.07, 6.45) is 4.08. The van der Waals surface area contributed by atoms with Crippen LogP contribution in [-0.4, -0.2) is 25.5 Å². The van der Waals surface area contributed by atoms with Gasteiger partial charge in [-0.3, -0.25) is 10.3 Å². The van der Waals surface area contributed by atoms with Gasteiger partial charge >= 0.3 is 6.09 Å². The molecular weight excluding hydrogens is 290 g/mol. The molecule has 6 nitrogen and oxygen atoms in total. The average Bonchev–Trinajstić information content (AvgIpc) is 3.19. The van der Waals surface area contributed by atoms with E-state index in [1.54, 1.807) is 12.3 Å². The topological polar surface area (TPSA) is 97.3 Å². The van der Waals surface area contributed by atoms with Gasteiger partial charge in [-0.2, -0.15) is 0 Å². The summed E-state index contributed by atoms with van der Waals surface area (Å²) in [5.74, 6) is 0.382. The summed E-state index contributed by atoms with van der Waals surface area (Å²) < 4.78 is 15.1. The van der Waals surface area contributed by atoms with E-state index in [9.17, 15) is 9.35 Å². The summed E-state index contributed by atoms with van der Waals surface area (Å²) in [5, 5.41) is 11.3. The lowest BCUT2D eigenvalue weighted by Gasteiger charge is -2.28. The molecule has 7 heteroatoms. The largest absolute Gasteiger partial charge is 0.598 e. The molecule has 0 aliphatic heterocycles. The first kappa shape index (κ1) is 16.1. The number of hydrogen-bond acceptors (Lipinski definition) is 4. The highest BCUT2D eigenvalue weighted by Crippen LogP contribution is 2.43. The van der Waals surface area contributed by atoms with Gasteiger partial charge < -0.3 is 9.66 Å². The number of carboxylic acid groups (broad SMARTS) is 1. The summed E-state index contributed by atoms with van der Waals surface area (Å²) in [4.78, 5) is 14.9. The molecule has 1 amide bonds. The monoisotopic (exact) mass is 311 g/mol. The molecule has 0 spiro atoms. The maximum absolute atomic E-state index is 12.4. The van der Waals surface area contributed by atoms with Crippen LogP contribution in [0.4, 0.5) is 10.5 Å². The highest BCUT2D eigenvalue weighted by Gasteiger charge is 2.39. The van der Waals surface area contributed by atoms with Crippen molar-refractivity contribution in [1.29, 1.82) is 0 Å². The normalized spacial score (nSPS) is 18.1. The third kappa shape index (κ3) is 4.33. The zero-order chi connectivity index (χ0) is 15.6. The molecule has 0 bridgehead atoms. The zero-order valence-corrected chi connectivity index (χ0v) is 13.2. The van der Waals surface area contributed by atoms with Gasteiger partial charge in [0.15, 0.2) is 0 Å². The summed E-state index contributed by atoms with van der Waals surface area (Å²) >= 11 is -1.22. The molecule has 0 radical (unpaired) electrons. The zero-order valence-electron chi connectivity index (χ0n) is 12.4. The Labute approximate surface area is 127 Å². The van der Waals surface area contributed by atoms with Crippen molar-refractivity contribution >= 4 is 23.1 Å². The summed E-state index contributed by atoms with van der Waals surface area (Å²) in [6.45, 7) is 5.72. The molecule has 1 heterocycles. The second-order valence-corrected chi connectivity index (χ2v) is 8.21. The second-order valence-electron chi connectivity index (χ2n) is 6.21. The minimum absolute atomic E-state index is 0.130. The Morgan fingerprint density at radius 1 is 1.52 bits per heavy atom. The summed E-state index contributed by atoms with van der Waals surface area (Å²) in [5.41, 5.74) is 1.24. The standard InChI is InChI=1S/C14H21N3O3S/c1-14(2,3)21(20)17-12(9-4-5-9)10-6-7-15-8-11(10)16-13(18)19/h6-9,12,16-17H,4-5H2,1-3H3,(H,18,19)/t12?,21-/m1/s1. The lowest BCUT2D eigenvalue weighted by atomic mass is 10.0. The van der Waals surface area contributed by atoms with Gasteiger partial charge in [0.2, 0.25) is 0 Å². The van der Waals surface area contributed by atoms with Gasteiger partial charge in [0.05, 0.1) is 17.9 Å². The van der Waals surface area contributed by atoms with Crippen LogP contribution in [0, 0.1) is 5.92 Å². The Morgan fingerprint density at radius 2 is 2.19 bits per heavy atom.